The van der Waals surface area contributed by atoms with Gasteiger partial charge in [0.2, 0.25) is 5.91 Å². The number of hydrogen-bond acceptors (Lipinski definition) is 3. The van der Waals surface area contributed by atoms with Gasteiger partial charge in [-0.25, -0.2) is 0 Å². The van der Waals surface area contributed by atoms with Crippen LogP contribution in [-0.4, -0.2) is 49.2 Å². The van der Waals surface area contributed by atoms with E-state index in [9.17, 15) is 4.79 Å². The van der Waals surface area contributed by atoms with Gasteiger partial charge in [0.25, 0.3) is 0 Å². The minimum atomic E-state index is -0.00338. The molecule has 2 heterocycles. The van der Waals surface area contributed by atoms with Gasteiger partial charge in [-0.15, -0.1) is 0 Å². The first-order chi connectivity index (χ1) is 7.28. The minimum Gasteiger partial charge on any atom is -0.369 e. The maximum atomic E-state index is 11.8. The van der Waals surface area contributed by atoms with Crippen molar-refractivity contribution in [3.05, 3.63) is 0 Å². The first-order valence-electron chi connectivity index (χ1n) is 5.87. The molecule has 2 saturated heterocycles. The van der Waals surface area contributed by atoms with Crippen molar-refractivity contribution >= 4 is 5.91 Å². The zero-order valence-corrected chi connectivity index (χ0v) is 9.42. The van der Waals surface area contributed by atoms with Crippen LogP contribution >= 0.6 is 0 Å². The molecule has 1 N–H and O–H groups in total. The Morgan fingerprint density at radius 2 is 2.20 bits per heavy atom. The van der Waals surface area contributed by atoms with Gasteiger partial charge in [-0.3, -0.25) is 4.79 Å². The highest BCUT2D eigenvalue weighted by atomic mass is 16.5. The monoisotopic (exact) mass is 212 g/mol. The Morgan fingerprint density at radius 3 is 2.87 bits per heavy atom. The molecule has 0 saturated carbocycles. The molecule has 2 fully saturated rings. The Hall–Kier alpha value is -0.610. The number of rotatable bonds is 2. The van der Waals surface area contributed by atoms with Crippen LogP contribution in [0.4, 0.5) is 0 Å². The van der Waals surface area contributed by atoms with Gasteiger partial charge in [-0.05, 0) is 32.4 Å². The SMILES string of the molecule is CCCN1C(=O)COCC12CCNCC2. The molecule has 0 atom stereocenters. The van der Waals surface area contributed by atoms with Crippen LogP contribution in [0, 0.1) is 0 Å². The van der Waals surface area contributed by atoms with Crippen LogP contribution in [0.25, 0.3) is 0 Å². The first kappa shape index (κ1) is 10.9. The van der Waals surface area contributed by atoms with Crippen LogP contribution in [0.1, 0.15) is 26.2 Å². The molecular weight excluding hydrogens is 192 g/mol. The van der Waals surface area contributed by atoms with Crippen LogP contribution in [0.15, 0.2) is 0 Å². The van der Waals surface area contributed by atoms with E-state index in [1.54, 1.807) is 0 Å². The minimum absolute atomic E-state index is 0.00338. The van der Waals surface area contributed by atoms with Crippen LogP contribution < -0.4 is 5.32 Å². The average Bonchev–Trinajstić information content (AvgIpc) is 2.25. The molecule has 0 aromatic carbocycles. The molecule has 0 bridgehead atoms. The quantitative estimate of drug-likeness (QED) is 0.719. The number of amides is 1. The summed E-state index contributed by atoms with van der Waals surface area (Å²) in [4.78, 5) is 13.9. The van der Waals surface area contributed by atoms with Gasteiger partial charge >= 0.3 is 0 Å². The summed E-state index contributed by atoms with van der Waals surface area (Å²) in [6.07, 6.45) is 3.08. The highest BCUT2D eigenvalue weighted by Gasteiger charge is 2.43. The maximum absolute atomic E-state index is 11.8. The predicted octanol–water partition coefficient (Wildman–Crippen LogP) is 0.377. The summed E-state index contributed by atoms with van der Waals surface area (Å²) in [5.41, 5.74) is -0.00338. The van der Waals surface area contributed by atoms with Gasteiger partial charge in [0.15, 0.2) is 0 Å². The number of carbonyl (C=O) groups is 1. The van der Waals surface area contributed by atoms with Gasteiger partial charge in [-0.1, -0.05) is 6.92 Å². The van der Waals surface area contributed by atoms with Gasteiger partial charge in [0.1, 0.15) is 6.61 Å². The first-order valence-corrected chi connectivity index (χ1v) is 5.87. The molecular formula is C11H20N2O2. The van der Waals surface area contributed by atoms with Crippen molar-refractivity contribution in [2.75, 3.05) is 32.8 Å². The molecule has 2 aliphatic rings. The van der Waals surface area contributed by atoms with E-state index >= 15 is 0 Å². The number of morpholine rings is 1. The third-order valence-electron chi connectivity index (χ3n) is 3.45. The molecule has 0 radical (unpaired) electrons. The molecule has 0 unspecified atom stereocenters. The fourth-order valence-corrected chi connectivity index (χ4v) is 2.64. The van der Waals surface area contributed by atoms with E-state index in [0.29, 0.717) is 0 Å². The Morgan fingerprint density at radius 1 is 1.47 bits per heavy atom. The normalized spacial score (nSPS) is 25.9. The van der Waals surface area contributed by atoms with Crippen LogP contribution in [0.2, 0.25) is 0 Å². The Bertz CT molecular complexity index is 231. The molecule has 15 heavy (non-hydrogen) atoms. The summed E-state index contributed by atoms with van der Waals surface area (Å²) in [5.74, 6) is 0.171. The van der Waals surface area contributed by atoms with E-state index in [0.717, 1.165) is 45.5 Å². The van der Waals surface area contributed by atoms with E-state index in [1.807, 2.05) is 0 Å². The van der Waals surface area contributed by atoms with Gasteiger partial charge < -0.3 is 15.0 Å². The average molecular weight is 212 g/mol. The molecule has 4 heteroatoms. The van der Waals surface area contributed by atoms with Crippen molar-refractivity contribution in [1.82, 2.24) is 10.2 Å². The molecule has 2 aliphatic heterocycles. The molecule has 86 valence electrons. The second-order valence-corrected chi connectivity index (χ2v) is 4.51. The van der Waals surface area contributed by atoms with Crippen molar-refractivity contribution in [2.45, 2.75) is 31.7 Å². The van der Waals surface area contributed by atoms with E-state index < -0.39 is 0 Å². The fraction of sp³-hybridized carbons (Fsp3) is 0.909. The Balaban J connectivity index is 2.14. The number of piperidine rings is 1. The predicted molar refractivity (Wildman–Crippen MR) is 57.7 cm³/mol. The molecule has 0 aromatic heterocycles. The van der Waals surface area contributed by atoms with E-state index in [1.165, 1.54) is 0 Å². The number of hydrogen-bond donors (Lipinski definition) is 1. The highest BCUT2D eigenvalue weighted by molar-refractivity contribution is 5.79. The van der Waals surface area contributed by atoms with Crippen molar-refractivity contribution in [1.29, 1.82) is 0 Å². The topological polar surface area (TPSA) is 41.6 Å². The summed E-state index contributed by atoms with van der Waals surface area (Å²) in [6, 6.07) is 0. The fourth-order valence-electron chi connectivity index (χ4n) is 2.64. The molecule has 4 nitrogen and oxygen atoms in total. The van der Waals surface area contributed by atoms with E-state index in [2.05, 4.69) is 17.1 Å². The second kappa shape index (κ2) is 4.49. The number of nitrogens with one attached hydrogen (secondary N) is 1. The Kier molecular flexibility index (Phi) is 3.26. The highest BCUT2D eigenvalue weighted by Crippen LogP contribution is 2.29. The largest absolute Gasteiger partial charge is 0.369 e. The van der Waals surface area contributed by atoms with Crippen molar-refractivity contribution in [3.63, 3.8) is 0 Å². The van der Waals surface area contributed by atoms with Crippen LogP contribution in [0.5, 0.6) is 0 Å². The maximum Gasteiger partial charge on any atom is 0.249 e. The van der Waals surface area contributed by atoms with Crippen molar-refractivity contribution in [3.8, 4) is 0 Å². The molecule has 2 rings (SSSR count). The summed E-state index contributed by atoms with van der Waals surface area (Å²) in [5, 5.41) is 3.34. The summed E-state index contributed by atoms with van der Waals surface area (Å²) >= 11 is 0. The standard InChI is InChI=1S/C11H20N2O2/c1-2-7-13-10(14)8-15-9-11(13)3-5-12-6-4-11/h12H,2-9H2,1H3. The molecule has 1 amide bonds. The van der Waals surface area contributed by atoms with Crippen molar-refractivity contribution < 1.29 is 9.53 Å². The number of carbonyl (C=O) groups excluding carboxylic acids is 1. The van der Waals surface area contributed by atoms with Crippen molar-refractivity contribution in [2.24, 2.45) is 0 Å². The zero-order valence-electron chi connectivity index (χ0n) is 9.42. The van der Waals surface area contributed by atoms with E-state index in [-0.39, 0.29) is 18.1 Å². The van der Waals surface area contributed by atoms with Gasteiger partial charge in [0.05, 0.1) is 12.1 Å². The lowest BCUT2D eigenvalue weighted by atomic mass is 9.86. The molecule has 0 aromatic rings. The Labute approximate surface area is 91.0 Å². The second-order valence-electron chi connectivity index (χ2n) is 4.51. The summed E-state index contributed by atoms with van der Waals surface area (Å²) in [7, 11) is 0. The molecule has 1 spiro atoms. The third-order valence-corrected chi connectivity index (χ3v) is 3.45. The summed E-state index contributed by atoms with van der Waals surface area (Å²) < 4.78 is 5.43. The molecule has 0 aliphatic carbocycles. The summed E-state index contributed by atoms with van der Waals surface area (Å²) in [6.45, 7) is 5.99. The van der Waals surface area contributed by atoms with E-state index in [4.69, 9.17) is 4.74 Å². The number of nitrogens with zero attached hydrogens (tertiary/aromatic N) is 1. The van der Waals surface area contributed by atoms with Crippen LogP contribution in [-0.2, 0) is 9.53 Å². The van der Waals surface area contributed by atoms with Gasteiger partial charge in [-0.2, -0.15) is 0 Å². The lowest BCUT2D eigenvalue weighted by molar-refractivity contribution is -0.160. The zero-order chi connectivity index (χ0) is 10.7. The number of ether oxygens (including phenoxy) is 1. The lowest BCUT2D eigenvalue weighted by Gasteiger charge is -2.49. The third kappa shape index (κ3) is 2.01. The smallest absolute Gasteiger partial charge is 0.249 e. The lowest BCUT2D eigenvalue weighted by Crippen LogP contribution is -2.63. The van der Waals surface area contributed by atoms with Crippen LogP contribution in [0.3, 0.4) is 0 Å². The van der Waals surface area contributed by atoms with Gasteiger partial charge in [0, 0.05) is 6.54 Å².